The molecule has 1 rings (SSSR count). The summed E-state index contributed by atoms with van der Waals surface area (Å²) < 4.78 is 0. The fraction of sp³-hybridized carbons (Fsp3) is 0.929. The van der Waals surface area contributed by atoms with Crippen molar-refractivity contribution in [3.8, 4) is 0 Å². The zero-order valence-corrected chi connectivity index (χ0v) is 12.8. The van der Waals surface area contributed by atoms with Crippen LogP contribution in [0.15, 0.2) is 0 Å². The Balaban J connectivity index is 2.32. The molecule has 0 aromatic rings. The lowest BCUT2D eigenvalue weighted by Crippen LogP contribution is -2.50. The van der Waals surface area contributed by atoms with Crippen LogP contribution in [0.25, 0.3) is 0 Å². The highest BCUT2D eigenvalue weighted by Crippen LogP contribution is 2.27. The molecule has 0 aromatic carbocycles. The molecule has 18 heavy (non-hydrogen) atoms. The van der Waals surface area contributed by atoms with Crippen molar-refractivity contribution in [1.82, 2.24) is 10.6 Å². The summed E-state index contributed by atoms with van der Waals surface area (Å²) in [5.41, 5.74) is 0. The summed E-state index contributed by atoms with van der Waals surface area (Å²) in [4.78, 5) is 11.9. The highest BCUT2D eigenvalue weighted by Gasteiger charge is 2.26. The van der Waals surface area contributed by atoms with Crippen LogP contribution in [0.1, 0.15) is 52.4 Å². The van der Waals surface area contributed by atoms with Gasteiger partial charge < -0.3 is 10.6 Å². The van der Waals surface area contributed by atoms with E-state index < -0.39 is 0 Å². The van der Waals surface area contributed by atoms with E-state index in [0.717, 1.165) is 19.4 Å². The number of hydrogen-bond donors (Lipinski definition) is 2. The first kappa shape index (κ1) is 15.8. The van der Waals surface area contributed by atoms with Gasteiger partial charge in [-0.05, 0) is 32.4 Å². The van der Waals surface area contributed by atoms with Crippen LogP contribution in [0.2, 0.25) is 0 Å². The number of unbranched alkanes of at least 4 members (excludes halogenated alkanes) is 1. The third-order valence-electron chi connectivity index (χ3n) is 3.69. The van der Waals surface area contributed by atoms with Gasteiger partial charge >= 0.3 is 0 Å². The van der Waals surface area contributed by atoms with Gasteiger partial charge in [0.15, 0.2) is 0 Å². The van der Waals surface area contributed by atoms with Crippen molar-refractivity contribution in [3.05, 3.63) is 0 Å². The summed E-state index contributed by atoms with van der Waals surface area (Å²) in [7, 11) is 0. The van der Waals surface area contributed by atoms with Crippen molar-refractivity contribution in [3.63, 3.8) is 0 Å². The second-order valence-electron chi connectivity index (χ2n) is 5.20. The number of nitrogens with one attached hydrogen (secondary N) is 2. The Hall–Kier alpha value is -0.220. The first-order valence-electron chi connectivity index (χ1n) is 7.25. The molecule has 0 radical (unpaired) electrons. The van der Waals surface area contributed by atoms with Crippen LogP contribution in [0.3, 0.4) is 0 Å². The van der Waals surface area contributed by atoms with Gasteiger partial charge in [-0.15, -0.1) is 0 Å². The van der Waals surface area contributed by atoms with Crippen LogP contribution in [-0.4, -0.2) is 36.0 Å². The van der Waals surface area contributed by atoms with E-state index in [2.05, 4.69) is 23.8 Å². The quantitative estimate of drug-likeness (QED) is 0.700. The van der Waals surface area contributed by atoms with Crippen LogP contribution >= 0.6 is 11.8 Å². The van der Waals surface area contributed by atoms with E-state index in [4.69, 9.17) is 0 Å². The third kappa shape index (κ3) is 5.19. The van der Waals surface area contributed by atoms with Crippen molar-refractivity contribution in [2.24, 2.45) is 0 Å². The first-order valence-corrected chi connectivity index (χ1v) is 8.54. The van der Waals surface area contributed by atoms with Crippen molar-refractivity contribution < 1.29 is 4.79 Å². The summed E-state index contributed by atoms with van der Waals surface area (Å²) in [5, 5.41) is 7.18. The van der Waals surface area contributed by atoms with Gasteiger partial charge in [-0.3, -0.25) is 4.79 Å². The monoisotopic (exact) mass is 272 g/mol. The van der Waals surface area contributed by atoms with Crippen LogP contribution < -0.4 is 10.6 Å². The number of rotatable bonds is 7. The molecule has 0 saturated heterocycles. The number of thioether (sulfide) groups is 1. The maximum absolute atomic E-state index is 11.9. The molecule has 1 saturated carbocycles. The summed E-state index contributed by atoms with van der Waals surface area (Å²) in [6.45, 7) is 4.92. The molecule has 1 amide bonds. The fourth-order valence-electron chi connectivity index (χ4n) is 2.51. The molecule has 2 N–H and O–H groups in total. The average Bonchev–Trinajstić information content (AvgIpc) is 2.39. The molecule has 0 aliphatic heterocycles. The fourth-order valence-corrected chi connectivity index (χ4v) is 3.45. The Labute approximate surface area is 116 Å². The minimum Gasteiger partial charge on any atom is -0.355 e. The Bertz CT molecular complexity index is 248. The third-order valence-corrected chi connectivity index (χ3v) is 4.86. The van der Waals surface area contributed by atoms with E-state index in [1.54, 1.807) is 0 Å². The lowest BCUT2D eigenvalue weighted by molar-refractivity contribution is -0.123. The molecule has 1 aliphatic rings. The average molecular weight is 272 g/mol. The van der Waals surface area contributed by atoms with Gasteiger partial charge in [0.05, 0.1) is 6.04 Å². The normalized spacial score (nSPS) is 25.7. The van der Waals surface area contributed by atoms with Crippen LogP contribution in [0.4, 0.5) is 0 Å². The predicted molar refractivity (Wildman–Crippen MR) is 80.1 cm³/mol. The predicted octanol–water partition coefficient (Wildman–Crippen LogP) is 2.56. The number of hydrogen-bond acceptors (Lipinski definition) is 3. The summed E-state index contributed by atoms with van der Waals surface area (Å²) in [6, 6.07) is 0.431. The molecule has 0 heterocycles. The Kier molecular flexibility index (Phi) is 7.75. The summed E-state index contributed by atoms with van der Waals surface area (Å²) in [5.74, 6) is 0.147. The second kappa shape index (κ2) is 8.81. The Morgan fingerprint density at radius 2 is 2.11 bits per heavy atom. The molecule has 0 aromatic heterocycles. The van der Waals surface area contributed by atoms with Crippen molar-refractivity contribution >= 4 is 17.7 Å². The van der Waals surface area contributed by atoms with Crippen LogP contribution in [0, 0.1) is 0 Å². The van der Waals surface area contributed by atoms with Crippen molar-refractivity contribution in [1.29, 1.82) is 0 Å². The van der Waals surface area contributed by atoms with Crippen molar-refractivity contribution in [2.45, 2.75) is 69.7 Å². The highest BCUT2D eigenvalue weighted by atomic mass is 32.2. The number of carbonyl (C=O) groups excluding carboxylic acids is 1. The van der Waals surface area contributed by atoms with E-state index in [0.29, 0.717) is 11.3 Å². The molecule has 1 aliphatic carbocycles. The topological polar surface area (TPSA) is 41.1 Å². The number of amides is 1. The molecule has 3 nitrogen and oxygen atoms in total. The smallest absolute Gasteiger partial charge is 0.236 e. The first-order chi connectivity index (χ1) is 8.69. The Morgan fingerprint density at radius 1 is 1.39 bits per heavy atom. The maximum atomic E-state index is 11.9. The molecule has 0 bridgehead atoms. The van der Waals surface area contributed by atoms with Gasteiger partial charge in [0.25, 0.3) is 0 Å². The van der Waals surface area contributed by atoms with E-state index in [1.165, 1.54) is 25.7 Å². The molecule has 0 spiro atoms. The minimum atomic E-state index is -0.0698. The van der Waals surface area contributed by atoms with Crippen LogP contribution in [0.5, 0.6) is 0 Å². The SMILES string of the molecule is CCCCNC(=O)C(C)NC1CCCCC1SC. The van der Waals surface area contributed by atoms with Gasteiger partial charge in [-0.2, -0.15) is 11.8 Å². The molecule has 106 valence electrons. The Morgan fingerprint density at radius 3 is 2.78 bits per heavy atom. The van der Waals surface area contributed by atoms with Gasteiger partial charge in [0.1, 0.15) is 0 Å². The lowest BCUT2D eigenvalue weighted by atomic mass is 9.94. The maximum Gasteiger partial charge on any atom is 0.236 e. The van der Waals surface area contributed by atoms with E-state index in [-0.39, 0.29) is 11.9 Å². The zero-order valence-electron chi connectivity index (χ0n) is 12.0. The van der Waals surface area contributed by atoms with Gasteiger partial charge in [0.2, 0.25) is 5.91 Å². The van der Waals surface area contributed by atoms with Crippen molar-refractivity contribution in [2.75, 3.05) is 12.8 Å². The standard InChI is InChI=1S/C14H28N2OS/c1-4-5-10-15-14(17)11(2)16-12-8-6-7-9-13(12)18-3/h11-13,16H,4-10H2,1-3H3,(H,15,17). The summed E-state index contributed by atoms with van der Waals surface area (Å²) >= 11 is 1.93. The van der Waals surface area contributed by atoms with Gasteiger partial charge in [-0.25, -0.2) is 0 Å². The molecular formula is C14H28N2OS. The minimum absolute atomic E-state index is 0.0698. The van der Waals surface area contributed by atoms with E-state index >= 15 is 0 Å². The molecular weight excluding hydrogens is 244 g/mol. The largest absolute Gasteiger partial charge is 0.355 e. The molecule has 3 atom stereocenters. The lowest BCUT2D eigenvalue weighted by Gasteiger charge is -2.33. The van der Waals surface area contributed by atoms with Gasteiger partial charge in [0, 0.05) is 17.8 Å². The van der Waals surface area contributed by atoms with Gasteiger partial charge in [-0.1, -0.05) is 26.2 Å². The number of carbonyl (C=O) groups is 1. The molecule has 3 unspecified atom stereocenters. The van der Waals surface area contributed by atoms with E-state index in [9.17, 15) is 4.79 Å². The molecule has 4 heteroatoms. The van der Waals surface area contributed by atoms with E-state index in [1.807, 2.05) is 18.7 Å². The molecule has 1 fully saturated rings. The zero-order chi connectivity index (χ0) is 13.4. The van der Waals surface area contributed by atoms with Crippen LogP contribution in [-0.2, 0) is 4.79 Å². The second-order valence-corrected chi connectivity index (χ2v) is 6.27. The summed E-state index contributed by atoms with van der Waals surface area (Å²) in [6.07, 6.45) is 9.48. The highest BCUT2D eigenvalue weighted by molar-refractivity contribution is 7.99.